The van der Waals surface area contributed by atoms with Gasteiger partial charge in [0.05, 0.1) is 6.54 Å². The van der Waals surface area contributed by atoms with E-state index in [1.807, 2.05) is 24.3 Å². The molecule has 6 heteroatoms. The van der Waals surface area contributed by atoms with Gasteiger partial charge in [0.2, 0.25) is 5.91 Å². The highest BCUT2D eigenvalue weighted by Gasteiger charge is 2.19. The van der Waals surface area contributed by atoms with Crippen molar-refractivity contribution in [2.24, 2.45) is 5.73 Å². The first-order chi connectivity index (χ1) is 12.1. The molecule has 1 amide bonds. The zero-order valence-corrected chi connectivity index (χ0v) is 14.8. The van der Waals surface area contributed by atoms with Crippen LogP contribution in [0, 0.1) is 0 Å². The van der Waals surface area contributed by atoms with Gasteiger partial charge in [-0.3, -0.25) is 9.69 Å². The van der Waals surface area contributed by atoms with Gasteiger partial charge in [-0.15, -0.1) is 0 Å². The second-order valence-corrected chi connectivity index (χ2v) is 6.53. The molecule has 3 rings (SSSR count). The lowest BCUT2D eigenvalue weighted by Crippen LogP contribution is -2.48. The fourth-order valence-electron chi connectivity index (χ4n) is 2.96. The van der Waals surface area contributed by atoms with Gasteiger partial charge in [0.1, 0.15) is 4.99 Å². The van der Waals surface area contributed by atoms with Crippen LogP contribution in [0.15, 0.2) is 54.6 Å². The molecule has 0 aliphatic carbocycles. The topological polar surface area (TPSA) is 61.6 Å². The minimum Gasteiger partial charge on any atom is -0.389 e. The summed E-state index contributed by atoms with van der Waals surface area (Å²) in [7, 11) is 0. The third-order valence-corrected chi connectivity index (χ3v) is 4.53. The third kappa shape index (κ3) is 4.78. The van der Waals surface area contributed by atoms with Gasteiger partial charge in [0.15, 0.2) is 0 Å². The molecule has 1 heterocycles. The average molecular weight is 354 g/mol. The lowest BCUT2D eigenvalue weighted by Gasteiger charge is -2.35. The molecule has 0 aromatic heterocycles. The molecule has 0 atom stereocenters. The van der Waals surface area contributed by atoms with Crippen molar-refractivity contribution in [3.05, 3.63) is 60.2 Å². The number of hydrogen-bond donors (Lipinski definition) is 2. The van der Waals surface area contributed by atoms with Crippen LogP contribution in [0.1, 0.15) is 5.56 Å². The van der Waals surface area contributed by atoms with Crippen molar-refractivity contribution in [2.75, 3.05) is 42.9 Å². The molecule has 0 spiro atoms. The van der Waals surface area contributed by atoms with Crippen LogP contribution in [0.5, 0.6) is 0 Å². The summed E-state index contributed by atoms with van der Waals surface area (Å²) in [6, 6.07) is 17.7. The Hall–Kier alpha value is -2.44. The van der Waals surface area contributed by atoms with Crippen LogP contribution in [-0.4, -0.2) is 48.5 Å². The lowest BCUT2D eigenvalue weighted by molar-refractivity contribution is -0.117. The Balaban J connectivity index is 1.49. The summed E-state index contributed by atoms with van der Waals surface area (Å²) in [6.45, 7) is 3.98. The normalized spacial score (nSPS) is 15.0. The van der Waals surface area contributed by atoms with E-state index in [9.17, 15) is 4.79 Å². The second-order valence-electron chi connectivity index (χ2n) is 6.09. The van der Waals surface area contributed by atoms with E-state index in [2.05, 4.69) is 39.4 Å². The van der Waals surface area contributed by atoms with Crippen LogP contribution < -0.4 is 16.0 Å². The molecule has 1 saturated heterocycles. The van der Waals surface area contributed by atoms with Crippen molar-refractivity contribution in [3.8, 4) is 0 Å². The molecule has 0 bridgehead atoms. The molecule has 1 fully saturated rings. The number of thiocarbonyl (C=S) groups is 1. The number of anilines is 2. The molecule has 2 aromatic rings. The molecular formula is C19H22N4OS. The predicted octanol–water partition coefficient (Wildman–Crippen LogP) is 2.08. The number of carbonyl (C=O) groups is 1. The third-order valence-electron chi connectivity index (χ3n) is 4.29. The largest absolute Gasteiger partial charge is 0.389 e. The van der Waals surface area contributed by atoms with Gasteiger partial charge in [-0.1, -0.05) is 42.5 Å². The number of piperazine rings is 1. The molecule has 0 radical (unpaired) electrons. The van der Waals surface area contributed by atoms with E-state index in [1.165, 1.54) is 5.69 Å². The van der Waals surface area contributed by atoms with E-state index >= 15 is 0 Å². The number of rotatable bonds is 5. The summed E-state index contributed by atoms with van der Waals surface area (Å²) >= 11 is 4.97. The first kappa shape index (κ1) is 17.4. The smallest absolute Gasteiger partial charge is 0.238 e. The minimum atomic E-state index is -0.0201. The first-order valence-electron chi connectivity index (χ1n) is 8.34. The number of hydrogen-bond acceptors (Lipinski definition) is 4. The molecule has 25 heavy (non-hydrogen) atoms. The Morgan fingerprint density at radius 3 is 2.44 bits per heavy atom. The number of nitrogens with zero attached hydrogens (tertiary/aromatic N) is 2. The van der Waals surface area contributed by atoms with Crippen molar-refractivity contribution in [1.82, 2.24) is 4.90 Å². The van der Waals surface area contributed by atoms with Crippen LogP contribution in [0.3, 0.4) is 0 Å². The molecule has 5 nitrogen and oxygen atoms in total. The maximum absolute atomic E-state index is 12.3. The van der Waals surface area contributed by atoms with Crippen LogP contribution in [0.4, 0.5) is 11.4 Å². The first-order valence-corrected chi connectivity index (χ1v) is 8.75. The zero-order chi connectivity index (χ0) is 17.6. The van der Waals surface area contributed by atoms with Gasteiger partial charge in [-0.05, 0) is 24.3 Å². The number of para-hydroxylation sites is 1. The number of benzene rings is 2. The summed E-state index contributed by atoms with van der Waals surface area (Å²) in [5.74, 6) is -0.0201. The van der Waals surface area contributed by atoms with Crippen LogP contribution in [-0.2, 0) is 4.79 Å². The summed E-state index contributed by atoms with van der Waals surface area (Å²) in [4.78, 5) is 17.1. The molecule has 2 aromatic carbocycles. The predicted molar refractivity (Wildman–Crippen MR) is 106 cm³/mol. The van der Waals surface area contributed by atoms with Crippen molar-refractivity contribution in [2.45, 2.75) is 0 Å². The second kappa shape index (κ2) is 8.09. The quantitative estimate of drug-likeness (QED) is 0.805. The number of amides is 1. The van der Waals surface area contributed by atoms with Crippen molar-refractivity contribution in [3.63, 3.8) is 0 Å². The number of carbonyl (C=O) groups excluding carboxylic acids is 1. The number of nitrogens with one attached hydrogen (secondary N) is 1. The Bertz CT molecular complexity index is 742. The highest BCUT2D eigenvalue weighted by Crippen LogP contribution is 2.16. The van der Waals surface area contributed by atoms with Gasteiger partial charge < -0.3 is 16.0 Å². The SMILES string of the molecule is NC(=S)c1cccc(NC(=O)CN2CCN(c3ccccc3)CC2)c1. The van der Waals surface area contributed by atoms with Crippen LogP contribution in [0.2, 0.25) is 0 Å². The summed E-state index contributed by atoms with van der Waals surface area (Å²) < 4.78 is 0. The van der Waals surface area contributed by atoms with Crippen molar-refractivity contribution >= 4 is 34.5 Å². The molecule has 1 aliphatic rings. The highest BCUT2D eigenvalue weighted by molar-refractivity contribution is 7.80. The van der Waals surface area contributed by atoms with Gasteiger partial charge in [-0.25, -0.2) is 0 Å². The van der Waals surface area contributed by atoms with Crippen molar-refractivity contribution in [1.29, 1.82) is 0 Å². The summed E-state index contributed by atoms with van der Waals surface area (Å²) in [6.07, 6.45) is 0. The minimum absolute atomic E-state index is 0.0201. The monoisotopic (exact) mass is 354 g/mol. The zero-order valence-electron chi connectivity index (χ0n) is 14.0. The molecular weight excluding hydrogens is 332 g/mol. The molecule has 0 unspecified atom stereocenters. The van der Waals surface area contributed by atoms with E-state index in [4.69, 9.17) is 18.0 Å². The Labute approximate surface area is 153 Å². The maximum Gasteiger partial charge on any atom is 0.238 e. The Kier molecular flexibility index (Phi) is 5.63. The van der Waals surface area contributed by atoms with E-state index < -0.39 is 0 Å². The summed E-state index contributed by atoms with van der Waals surface area (Å²) in [5, 5.41) is 2.92. The van der Waals surface area contributed by atoms with E-state index in [-0.39, 0.29) is 5.91 Å². The van der Waals surface area contributed by atoms with Gasteiger partial charge >= 0.3 is 0 Å². The fraction of sp³-hybridized carbons (Fsp3) is 0.263. The summed E-state index contributed by atoms with van der Waals surface area (Å²) in [5.41, 5.74) is 8.34. The number of nitrogens with two attached hydrogens (primary N) is 1. The molecule has 130 valence electrons. The maximum atomic E-state index is 12.3. The van der Waals surface area contributed by atoms with Gasteiger partial charge in [-0.2, -0.15) is 0 Å². The standard InChI is InChI=1S/C19H22N4OS/c20-19(25)15-5-4-6-16(13-15)21-18(24)14-22-9-11-23(12-10-22)17-7-2-1-3-8-17/h1-8,13H,9-12,14H2,(H2,20,25)(H,21,24). The fourth-order valence-corrected chi connectivity index (χ4v) is 3.08. The van der Waals surface area contributed by atoms with Gasteiger partial charge in [0, 0.05) is 43.1 Å². The molecule has 1 aliphatic heterocycles. The Morgan fingerprint density at radius 2 is 1.76 bits per heavy atom. The molecule has 0 saturated carbocycles. The molecule has 3 N–H and O–H groups in total. The highest BCUT2D eigenvalue weighted by atomic mass is 32.1. The van der Waals surface area contributed by atoms with E-state index in [1.54, 1.807) is 6.07 Å². The van der Waals surface area contributed by atoms with Crippen LogP contribution in [0.25, 0.3) is 0 Å². The van der Waals surface area contributed by atoms with E-state index in [0.717, 1.165) is 37.4 Å². The van der Waals surface area contributed by atoms with E-state index in [0.29, 0.717) is 11.5 Å². The van der Waals surface area contributed by atoms with Crippen molar-refractivity contribution < 1.29 is 4.79 Å². The van der Waals surface area contributed by atoms with Crippen LogP contribution >= 0.6 is 12.2 Å². The lowest BCUT2D eigenvalue weighted by atomic mass is 10.2. The van der Waals surface area contributed by atoms with Gasteiger partial charge in [0.25, 0.3) is 0 Å². The Morgan fingerprint density at radius 1 is 1.04 bits per heavy atom. The average Bonchev–Trinajstić information content (AvgIpc) is 2.63.